The van der Waals surface area contributed by atoms with Crippen LogP contribution in [-0.4, -0.2) is 20.6 Å². The van der Waals surface area contributed by atoms with Crippen LogP contribution in [0.25, 0.3) is 11.0 Å². The van der Waals surface area contributed by atoms with E-state index >= 15 is 0 Å². The number of hydrogen-bond donors (Lipinski definition) is 1. The van der Waals surface area contributed by atoms with Gasteiger partial charge in [-0.1, -0.05) is 26.3 Å². The lowest BCUT2D eigenvalue weighted by molar-refractivity contribution is -0.136. The average Bonchev–Trinajstić information content (AvgIpc) is 2.72. The standard InChI is InChI=1S/C15H20N2O2/c1-3-5-8-17-13-7-6-11(10-15(18)19)9-12(13)16-14(17)4-2/h6-7,9H,3-5,8,10H2,1-2H3,(H,18,19). The highest BCUT2D eigenvalue weighted by Crippen LogP contribution is 2.19. The first-order chi connectivity index (χ1) is 9.15. The summed E-state index contributed by atoms with van der Waals surface area (Å²) in [6.45, 7) is 5.26. The van der Waals surface area contributed by atoms with E-state index in [0.717, 1.165) is 48.2 Å². The highest BCUT2D eigenvalue weighted by atomic mass is 16.4. The number of nitrogens with zero attached hydrogens (tertiary/aromatic N) is 2. The van der Waals surface area contributed by atoms with Crippen molar-refractivity contribution in [2.24, 2.45) is 0 Å². The lowest BCUT2D eigenvalue weighted by Gasteiger charge is -2.07. The molecular weight excluding hydrogens is 240 g/mol. The third-order valence-corrected chi connectivity index (χ3v) is 3.30. The third-order valence-electron chi connectivity index (χ3n) is 3.30. The number of aromatic nitrogens is 2. The highest BCUT2D eigenvalue weighted by Gasteiger charge is 2.10. The van der Waals surface area contributed by atoms with Crippen LogP contribution in [0.15, 0.2) is 18.2 Å². The number of imidazole rings is 1. The Bertz CT molecular complexity index is 587. The molecule has 0 aliphatic carbocycles. The first kappa shape index (κ1) is 13.6. The lowest BCUT2D eigenvalue weighted by atomic mass is 10.1. The van der Waals surface area contributed by atoms with Gasteiger partial charge in [0.2, 0.25) is 0 Å². The van der Waals surface area contributed by atoms with E-state index in [4.69, 9.17) is 5.11 Å². The summed E-state index contributed by atoms with van der Waals surface area (Å²) in [4.78, 5) is 15.4. The van der Waals surface area contributed by atoms with Gasteiger partial charge in [-0.2, -0.15) is 0 Å². The number of benzene rings is 1. The number of carboxylic acid groups (broad SMARTS) is 1. The Balaban J connectivity index is 2.41. The minimum absolute atomic E-state index is 0.0548. The monoisotopic (exact) mass is 260 g/mol. The summed E-state index contributed by atoms with van der Waals surface area (Å²) in [5, 5.41) is 8.84. The quantitative estimate of drug-likeness (QED) is 0.868. The van der Waals surface area contributed by atoms with Crippen LogP contribution in [0.5, 0.6) is 0 Å². The molecule has 4 nitrogen and oxygen atoms in total. The zero-order chi connectivity index (χ0) is 13.8. The normalized spacial score (nSPS) is 11.1. The number of aryl methyl sites for hydroxylation is 2. The fourth-order valence-corrected chi connectivity index (χ4v) is 2.35. The third kappa shape index (κ3) is 2.95. The van der Waals surface area contributed by atoms with E-state index in [-0.39, 0.29) is 6.42 Å². The molecular formula is C15H20N2O2. The first-order valence-corrected chi connectivity index (χ1v) is 6.85. The summed E-state index contributed by atoms with van der Waals surface area (Å²) in [6.07, 6.45) is 3.24. The van der Waals surface area contributed by atoms with E-state index in [2.05, 4.69) is 23.4 Å². The van der Waals surface area contributed by atoms with Gasteiger partial charge >= 0.3 is 5.97 Å². The number of unbranched alkanes of at least 4 members (excludes halogenated alkanes) is 1. The van der Waals surface area contributed by atoms with E-state index in [1.54, 1.807) is 0 Å². The van der Waals surface area contributed by atoms with Crippen molar-refractivity contribution < 1.29 is 9.90 Å². The molecule has 4 heteroatoms. The van der Waals surface area contributed by atoms with Gasteiger partial charge in [-0.25, -0.2) is 4.98 Å². The molecule has 0 aliphatic heterocycles. The SMILES string of the molecule is CCCCn1c(CC)nc2cc(CC(=O)O)ccc21. The van der Waals surface area contributed by atoms with Crippen LogP contribution in [0.1, 0.15) is 38.1 Å². The molecule has 1 heterocycles. The van der Waals surface area contributed by atoms with Crippen molar-refractivity contribution in [3.63, 3.8) is 0 Å². The van der Waals surface area contributed by atoms with Crippen molar-refractivity contribution in [1.82, 2.24) is 9.55 Å². The Labute approximate surface area is 113 Å². The van der Waals surface area contributed by atoms with E-state index in [0.29, 0.717) is 0 Å². The summed E-state index contributed by atoms with van der Waals surface area (Å²) in [7, 11) is 0. The van der Waals surface area contributed by atoms with Crippen molar-refractivity contribution in [2.75, 3.05) is 0 Å². The second-order valence-electron chi connectivity index (χ2n) is 4.78. The van der Waals surface area contributed by atoms with Gasteiger partial charge in [0, 0.05) is 13.0 Å². The molecule has 0 saturated heterocycles. The number of rotatable bonds is 6. The number of fused-ring (bicyclic) bond motifs is 1. The zero-order valence-corrected chi connectivity index (χ0v) is 11.5. The molecule has 2 aromatic rings. The summed E-state index contributed by atoms with van der Waals surface area (Å²) in [5.41, 5.74) is 2.83. The van der Waals surface area contributed by atoms with Crippen LogP contribution in [-0.2, 0) is 24.2 Å². The molecule has 102 valence electrons. The fourth-order valence-electron chi connectivity index (χ4n) is 2.35. The summed E-state index contributed by atoms with van der Waals surface area (Å²) in [5.74, 6) is 0.274. The van der Waals surface area contributed by atoms with E-state index in [9.17, 15) is 4.79 Å². The fraction of sp³-hybridized carbons (Fsp3) is 0.467. The Morgan fingerprint density at radius 2 is 2.16 bits per heavy atom. The van der Waals surface area contributed by atoms with E-state index in [1.165, 1.54) is 0 Å². The molecule has 1 aromatic heterocycles. The maximum absolute atomic E-state index is 10.7. The second kappa shape index (κ2) is 5.87. The molecule has 1 N–H and O–H groups in total. The van der Waals surface area contributed by atoms with Gasteiger partial charge in [0.05, 0.1) is 17.5 Å². The molecule has 0 spiro atoms. The predicted octanol–water partition coefficient (Wildman–Crippen LogP) is 3.03. The van der Waals surface area contributed by atoms with Gasteiger partial charge < -0.3 is 9.67 Å². The van der Waals surface area contributed by atoms with Crippen LogP contribution >= 0.6 is 0 Å². The molecule has 0 atom stereocenters. The maximum atomic E-state index is 10.7. The molecule has 0 aliphatic rings. The number of carboxylic acids is 1. The molecule has 0 amide bonds. The van der Waals surface area contributed by atoms with Crippen molar-refractivity contribution in [3.8, 4) is 0 Å². The minimum atomic E-state index is -0.805. The molecule has 1 aromatic carbocycles. The topological polar surface area (TPSA) is 55.1 Å². The number of hydrogen-bond acceptors (Lipinski definition) is 2. The molecule has 0 saturated carbocycles. The minimum Gasteiger partial charge on any atom is -0.481 e. The van der Waals surface area contributed by atoms with Crippen LogP contribution in [0, 0.1) is 0 Å². The Kier molecular flexibility index (Phi) is 4.20. The van der Waals surface area contributed by atoms with Crippen LogP contribution in [0.2, 0.25) is 0 Å². The Morgan fingerprint density at radius 1 is 1.37 bits per heavy atom. The van der Waals surface area contributed by atoms with Gasteiger partial charge in [0.25, 0.3) is 0 Å². The number of carbonyl (C=O) groups is 1. The van der Waals surface area contributed by atoms with Gasteiger partial charge in [-0.3, -0.25) is 4.79 Å². The van der Waals surface area contributed by atoms with Gasteiger partial charge in [-0.05, 0) is 24.1 Å². The molecule has 2 rings (SSSR count). The van der Waals surface area contributed by atoms with Gasteiger partial charge in [-0.15, -0.1) is 0 Å². The number of aliphatic carboxylic acids is 1. The van der Waals surface area contributed by atoms with Crippen molar-refractivity contribution in [3.05, 3.63) is 29.6 Å². The first-order valence-electron chi connectivity index (χ1n) is 6.85. The molecule has 0 bridgehead atoms. The van der Waals surface area contributed by atoms with Crippen molar-refractivity contribution in [1.29, 1.82) is 0 Å². The van der Waals surface area contributed by atoms with E-state index in [1.807, 2.05) is 18.2 Å². The van der Waals surface area contributed by atoms with Gasteiger partial charge in [0.15, 0.2) is 0 Å². The maximum Gasteiger partial charge on any atom is 0.307 e. The van der Waals surface area contributed by atoms with Crippen LogP contribution in [0.3, 0.4) is 0 Å². The van der Waals surface area contributed by atoms with Crippen LogP contribution < -0.4 is 0 Å². The second-order valence-corrected chi connectivity index (χ2v) is 4.78. The predicted molar refractivity (Wildman–Crippen MR) is 75.4 cm³/mol. The Hall–Kier alpha value is -1.84. The summed E-state index contributed by atoms with van der Waals surface area (Å²) in [6, 6.07) is 5.78. The molecule has 0 radical (unpaired) electrons. The molecule has 19 heavy (non-hydrogen) atoms. The summed E-state index contributed by atoms with van der Waals surface area (Å²) >= 11 is 0. The van der Waals surface area contributed by atoms with Gasteiger partial charge in [0.1, 0.15) is 5.82 Å². The van der Waals surface area contributed by atoms with Crippen molar-refractivity contribution in [2.45, 2.75) is 46.1 Å². The average molecular weight is 260 g/mol. The lowest BCUT2D eigenvalue weighted by Crippen LogP contribution is -2.03. The molecule has 0 fully saturated rings. The largest absolute Gasteiger partial charge is 0.481 e. The van der Waals surface area contributed by atoms with E-state index < -0.39 is 5.97 Å². The zero-order valence-electron chi connectivity index (χ0n) is 11.5. The van der Waals surface area contributed by atoms with Crippen LogP contribution in [0.4, 0.5) is 0 Å². The van der Waals surface area contributed by atoms with Crippen molar-refractivity contribution >= 4 is 17.0 Å². The smallest absolute Gasteiger partial charge is 0.307 e. The summed E-state index contributed by atoms with van der Waals surface area (Å²) < 4.78 is 2.25. The Morgan fingerprint density at radius 3 is 2.79 bits per heavy atom. The molecule has 0 unspecified atom stereocenters. The highest BCUT2D eigenvalue weighted by molar-refractivity contribution is 5.79.